The first-order valence-electron chi connectivity index (χ1n) is 3.14. The summed E-state index contributed by atoms with van der Waals surface area (Å²) >= 11 is 1.41. The van der Waals surface area contributed by atoms with E-state index in [1.54, 1.807) is 18.2 Å². The monoisotopic (exact) mass is 165 g/mol. The highest BCUT2D eigenvalue weighted by Crippen LogP contribution is 2.16. The van der Waals surface area contributed by atoms with Gasteiger partial charge in [-0.05, 0) is 18.2 Å². The molecule has 0 radical (unpaired) electrons. The van der Waals surface area contributed by atoms with Gasteiger partial charge >= 0.3 is 0 Å². The van der Waals surface area contributed by atoms with Crippen molar-refractivity contribution < 1.29 is 5.11 Å². The highest BCUT2D eigenvalue weighted by molar-refractivity contribution is 7.13. The van der Waals surface area contributed by atoms with Gasteiger partial charge in [0.2, 0.25) is 0 Å². The first-order chi connectivity index (χ1) is 5.36. The Morgan fingerprint density at radius 3 is 3.00 bits per heavy atom. The lowest BCUT2D eigenvalue weighted by molar-refractivity contribution is 0.343. The Labute approximate surface area is 69.0 Å². The summed E-state index contributed by atoms with van der Waals surface area (Å²) in [7, 11) is 0. The van der Waals surface area contributed by atoms with Crippen molar-refractivity contribution in [1.29, 1.82) is 5.26 Å². The Balaban J connectivity index is 2.75. The molecule has 0 saturated heterocycles. The van der Waals surface area contributed by atoms with Crippen LogP contribution in [0.15, 0.2) is 18.2 Å². The van der Waals surface area contributed by atoms with Crippen molar-refractivity contribution in [3.05, 3.63) is 28.0 Å². The number of hydrogen-bond donors (Lipinski definition) is 1. The predicted octanol–water partition coefficient (Wildman–Crippen LogP) is 1.63. The molecule has 0 aliphatic heterocycles. The molecule has 0 atom stereocenters. The van der Waals surface area contributed by atoms with Gasteiger partial charge in [0.15, 0.2) is 0 Å². The van der Waals surface area contributed by atoms with E-state index in [2.05, 4.69) is 0 Å². The van der Waals surface area contributed by atoms with Crippen molar-refractivity contribution in [1.82, 2.24) is 0 Å². The van der Waals surface area contributed by atoms with E-state index < -0.39 is 0 Å². The molecule has 11 heavy (non-hydrogen) atoms. The fourth-order valence-electron chi connectivity index (χ4n) is 0.671. The predicted molar refractivity (Wildman–Crippen MR) is 45.2 cm³/mol. The molecule has 1 N–H and O–H groups in total. The third kappa shape index (κ3) is 2.19. The first-order valence-corrected chi connectivity index (χ1v) is 3.96. The number of thiophene rings is 1. The van der Waals surface area contributed by atoms with Crippen LogP contribution in [0, 0.1) is 11.3 Å². The van der Waals surface area contributed by atoms with Crippen LogP contribution < -0.4 is 0 Å². The maximum atomic E-state index is 8.46. The van der Waals surface area contributed by atoms with Crippen LogP contribution in [-0.4, -0.2) is 11.7 Å². The zero-order valence-electron chi connectivity index (χ0n) is 5.82. The van der Waals surface area contributed by atoms with Gasteiger partial charge < -0.3 is 5.11 Å². The number of nitriles is 1. The molecule has 1 aromatic heterocycles. The highest BCUT2D eigenvalue weighted by atomic mass is 32.1. The smallest absolute Gasteiger partial charge is 0.110 e. The maximum absolute atomic E-state index is 8.46. The highest BCUT2D eigenvalue weighted by Gasteiger charge is 1.93. The Morgan fingerprint density at radius 1 is 1.64 bits per heavy atom. The van der Waals surface area contributed by atoms with E-state index in [9.17, 15) is 0 Å². The maximum Gasteiger partial charge on any atom is 0.110 e. The molecule has 0 aliphatic carbocycles. The quantitative estimate of drug-likeness (QED) is 0.723. The second kappa shape index (κ2) is 3.91. The van der Waals surface area contributed by atoms with Crippen LogP contribution in [0.5, 0.6) is 0 Å². The number of hydrogen-bond acceptors (Lipinski definition) is 3. The fourth-order valence-corrected chi connectivity index (χ4v) is 1.41. The molecule has 0 saturated carbocycles. The summed E-state index contributed by atoms with van der Waals surface area (Å²) < 4.78 is 0. The van der Waals surface area contributed by atoms with Gasteiger partial charge in [0.05, 0.1) is 6.61 Å². The molecule has 0 aromatic carbocycles. The van der Waals surface area contributed by atoms with E-state index in [-0.39, 0.29) is 6.61 Å². The summed E-state index contributed by atoms with van der Waals surface area (Å²) in [5, 5.41) is 16.9. The Morgan fingerprint density at radius 2 is 2.45 bits per heavy atom. The minimum absolute atomic E-state index is 0.0415. The molecule has 2 nitrogen and oxygen atoms in total. The number of nitrogens with zero attached hydrogens (tertiary/aromatic N) is 1. The van der Waals surface area contributed by atoms with Crippen molar-refractivity contribution in [2.24, 2.45) is 0 Å². The summed E-state index contributed by atoms with van der Waals surface area (Å²) in [6.07, 6.45) is 3.44. The molecule has 0 bridgehead atoms. The van der Waals surface area contributed by atoms with Crippen LogP contribution in [-0.2, 0) is 0 Å². The number of aliphatic hydroxyl groups excluding tert-OH is 1. The van der Waals surface area contributed by atoms with E-state index in [1.807, 2.05) is 12.1 Å². The van der Waals surface area contributed by atoms with Crippen molar-refractivity contribution in [2.45, 2.75) is 0 Å². The zero-order valence-corrected chi connectivity index (χ0v) is 6.64. The van der Waals surface area contributed by atoms with Crippen molar-refractivity contribution >= 4 is 17.4 Å². The summed E-state index contributed by atoms with van der Waals surface area (Å²) in [5.74, 6) is 0. The normalized spacial score (nSPS) is 10.2. The van der Waals surface area contributed by atoms with Crippen LogP contribution in [0.2, 0.25) is 0 Å². The van der Waals surface area contributed by atoms with Crippen LogP contribution in [0.3, 0.4) is 0 Å². The minimum Gasteiger partial charge on any atom is -0.392 e. The van der Waals surface area contributed by atoms with Gasteiger partial charge in [-0.1, -0.05) is 6.08 Å². The van der Waals surface area contributed by atoms with E-state index in [0.717, 1.165) is 4.88 Å². The molecule has 0 spiro atoms. The number of rotatable bonds is 2. The Hall–Kier alpha value is -1.11. The third-order valence-electron chi connectivity index (χ3n) is 1.12. The first kappa shape index (κ1) is 7.99. The summed E-state index contributed by atoms with van der Waals surface area (Å²) in [5.41, 5.74) is 0. The van der Waals surface area contributed by atoms with E-state index >= 15 is 0 Å². The van der Waals surface area contributed by atoms with E-state index in [0.29, 0.717) is 4.88 Å². The molecular formula is C8H7NOS. The molecule has 1 aromatic rings. The second-order valence-electron chi connectivity index (χ2n) is 1.90. The molecule has 0 amide bonds. The molecule has 3 heteroatoms. The molecule has 0 aliphatic rings. The zero-order chi connectivity index (χ0) is 8.10. The SMILES string of the molecule is N#Cc1ccc(/C=C/CO)s1. The molecule has 56 valence electrons. The van der Waals surface area contributed by atoms with Gasteiger partial charge in [-0.3, -0.25) is 0 Å². The summed E-state index contributed by atoms with van der Waals surface area (Å²) in [6, 6.07) is 5.67. The topological polar surface area (TPSA) is 44.0 Å². The second-order valence-corrected chi connectivity index (χ2v) is 3.01. The van der Waals surface area contributed by atoms with Crippen LogP contribution in [0.25, 0.3) is 6.08 Å². The van der Waals surface area contributed by atoms with Crippen molar-refractivity contribution in [3.8, 4) is 6.07 Å². The molecule has 0 fully saturated rings. The molecular weight excluding hydrogens is 158 g/mol. The van der Waals surface area contributed by atoms with Crippen LogP contribution in [0.4, 0.5) is 0 Å². The third-order valence-corrected chi connectivity index (χ3v) is 2.08. The average Bonchev–Trinajstić information content (AvgIpc) is 2.48. The summed E-state index contributed by atoms with van der Waals surface area (Å²) in [6.45, 7) is 0.0415. The Kier molecular flexibility index (Phi) is 2.84. The van der Waals surface area contributed by atoms with Crippen LogP contribution >= 0.6 is 11.3 Å². The lowest BCUT2D eigenvalue weighted by atomic mass is 10.4. The average molecular weight is 165 g/mol. The van der Waals surface area contributed by atoms with Gasteiger partial charge in [0, 0.05) is 4.88 Å². The minimum atomic E-state index is 0.0415. The molecule has 1 heterocycles. The fraction of sp³-hybridized carbons (Fsp3) is 0.125. The lowest BCUT2D eigenvalue weighted by Crippen LogP contribution is -1.68. The lowest BCUT2D eigenvalue weighted by Gasteiger charge is -1.79. The van der Waals surface area contributed by atoms with Gasteiger partial charge in [-0.2, -0.15) is 5.26 Å². The number of aliphatic hydroxyl groups is 1. The van der Waals surface area contributed by atoms with Crippen LogP contribution in [0.1, 0.15) is 9.75 Å². The summed E-state index contributed by atoms with van der Waals surface area (Å²) in [4.78, 5) is 1.69. The van der Waals surface area contributed by atoms with Gasteiger partial charge in [0.1, 0.15) is 10.9 Å². The standard InChI is InChI=1S/C8H7NOS/c9-6-8-4-3-7(11-8)2-1-5-10/h1-4,10H,5H2/b2-1+. The van der Waals surface area contributed by atoms with Gasteiger partial charge in [-0.15, -0.1) is 11.3 Å². The van der Waals surface area contributed by atoms with Crippen molar-refractivity contribution in [3.63, 3.8) is 0 Å². The largest absolute Gasteiger partial charge is 0.392 e. The van der Waals surface area contributed by atoms with Crippen molar-refractivity contribution in [2.75, 3.05) is 6.61 Å². The Bertz CT molecular complexity index is 295. The molecule has 1 rings (SSSR count). The van der Waals surface area contributed by atoms with Gasteiger partial charge in [0.25, 0.3) is 0 Å². The molecule has 0 unspecified atom stereocenters. The van der Waals surface area contributed by atoms with E-state index in [1.165, 1.54) is 11.3 Å². The van der Waals surface area contributed by atoms with E-state index in [4.69, 9.17) is 10.4 Å². The van der Waals surface area contributed by atoms with Gasteiger partial charge in [-0.25, -0.2) is 0 Å².